The van der Waals surface area contributed by atoms with E-state index in [1.165, 1.54) is 7.05 Å². The highest BCUT2D eigenvalue weighted by molar-refractivity contribution is 5.82. The highest BCUT2D eigenvalue weighted by Crippen LogP contribution is 2.07. The van der Waals surface area contributed by atoms with E-state index in [0.717, 1.165) is 16.3 Å². The topological polar surface area (TPSA) is 66.3 Å². The number of hydrogen-bond acceptors (Lipinski definition) is 3. The van der Waals surface area contributed by atoms with E-state index in [9.17, 15) is 4.79 Å². The maximum absolute atomic E-state index is 10.6. The van der Waals surface area contributed by atoms with Crippen molar-refractivity contribution in [1.29, 1.82) is 0 Å². The number of amides is 1. The van der Waals surface area contributed by atoms with Gasteiger partial charge in [-0.25, -0.2) is 19.7 Å². The van der Waals surface area contributed by atoms with E-state index in [-0.39, 0.29) is 5.95 Å². The minimum Gasteiger partial charge on any atom is -0.465 e. The molecule has 0 saturated carbocycles. The Kier molecular flexibility index (Phi) is 2.46. The fourth-order valence-electron chi connectivity index (χ4n) is 0.943. The van der Waals surface area contributed by atoms with Gasteiger partial charge in [0.1, 0.15) is 0 Å². The fourth-order valence-corrected chi connectivity index (χ4v) is 0.943. The van der Waals surface area contributed by atoms with Crippen LogP contribution in [-0.2, 0) is 0 Å². The zero-order chi connectivity index (χ0) is 10.0. The first-order valence-corrected chi connectivity index (χ1v) is 3.79. The Morgan fingerprint density at radius 2 is 1.85 bits per heavy atom. The maximum Gasteiger partial charge on any atom is 0.413 e. The van der Waals surface area contributed by atoms with Crippen LogP contribution in [-0.4, -0.2) is 28.2 Å². The van der Waals surface area contributed by atoms with Gasteiger partial charge >= 0.3 is 6.09 Å². The van der Waals surface area contributed by atoms with Crippen molar-refractivity contribution in [3.05, 3.63) is 17.5 Å². The molecule has 1 aromatic heterocycles. The van der Waals surface area contributed by atoms with Gasteiger partial charge in [0.15, 0.2) is 0 Å². The third kappa shape index (κ3) is 2.14. The van der Waals surface area contributed by atoms with Crippen LogP contribution in [0.5, 0.6) is 0 Å². The molecule has 0 aromatic carbocycles. The highest BCUT2D eigenvalue weighted by atomic mass is 16.4. The molecule has 1 aromatic rings. The molecule has 0 spiro atoms. The van der Waals surface area contributed by atoms with Crippen LogP contribution in [0.1, 0.15) is 11.4 Å². The smallest absolute Gasteiger partial charge is 0.413 e. The van der Waals surface area contributed by atoms with E-state index in [1.54, 1.807) is 19.9 Å². The Bertz CT molecular complexity index is 318. The molecule has 1 amide bonds. The second kappa shape index (κ2) is 3.38. The molecule has 0 aliphatic carbocycles. The third-order valence-electron chi connectivity index (χ3n) is 1.56. The van der Waals surface area contributed by atoms with E-state index in [1.807, 2.05) is 0 Å². The van der Waals surface area contributed by atoms with Gasteiger partial charge in [-0.3, -0.25) is 0 Å². The van der Waals surface area contributed by atoms with E-state index in [2.05, 4.69) is 9.97 Å². The van der Waals surface area contributed by atoms with Gasteiger partial charge in [-0.15, -0.1) is 0 Å². The predicted molar refractivity (Wildman–Crippen MR) is 47.9 cm³/mol. The molecule has 0 bridgehead atoms. The van der Waals surface area contributed by atoms with Crippen molar-refractivity contribution in [3.8, 4) is 0 Å². The van der Waals surface area contributed by atoms with Gasteiger partial charge in [-0.1, -0.05) is 0 Å². The summed E-state index contributed by atoms with van der Waals surface area (Å²) in [5.74, 6) is 0.213. The quantitative estimate of drug-likeness (QED) is 0.707. The van der Waals surface area contributed by atoms with Crippen molar-refractivity contribution in [1.82, 2.24) is 9.97 Å². The van der Waals surface area contributed by atoms with E-state index in [0.29, 0.717) is 0 Å². The first kappa shape index (κ1) is 9.44. The highest BCUT2D eigenvalue weighted by Gasteiger charge is 2.11. The van der Waals surface area contributed by atoms with Crippen LogP contribution < -0.4 is 4.90 Å². The molecule has 0 atom stereocenters. The zero-order valence-electron chi connectivity index (χ0n) is 7.77. The lowest BCUT2D eigenvalue weighted by molar-refractivity contribution is 0.203. The third-order valence-corrected chi connectivity index (χ3v) is 1.56. The molecule has 0 aliphatic heterocycles. The van der Waals surface area contributed by atoms with Crippen LogP contribution in [0.4, 0.5) is 10.7 Å². The number of anilines is 1. The van der Waals surface area contributed by atoms with E-state index in [4.69, 9.17) is 5.11 Å². The number of aromatic nitrogens is 2. The van der Waals surface area contributed by atoms with Crippen molar-refractivity contribution in [2.24, 2.45) is 0 Å². The average Bonchev–Trinajstić information content (AvgIpc) is 2.01. The standard InChI is InChI=1S/C8H11N3O2/c1-5-4-6(2)10-7(9-5)11(3)8(12)13/h4H,1-3H3,(H,12,13). The van der Waals surface area contributed by atoms with E-state index >= 15 is 0 Å². The largest absolute Gasteiger partial charge is 0.465 e. The molecule has 0 fully saturated rings. The van der Waals surface area contributed by atoms with Crippen molar-refractivity contribution < 1.29 is 9.90 Å². The molecule has 70 valence electrons. The molecular weight excluding hydrogens is 170 g/mol. The van der Waals surface area contributed by atoms with Gasteiger partial charge in [0, 0.05) is 18.4 Å². The Labute approximate surface area is 76.0 Å². The SMILES string of the molecule is Cc1cc(C)nc(N(C)C(=O)O)n1. The predicted octanol–water partition coefficient (Wildman–Crippen LogP) is 1.21. The number of rotatable bonds is 1. The first-order chi connectivity index (χ1) is 6.00. The Hall–Kier alpha value is -1.65. The molecule has 5 heteroatoms. The van der Waals surface area contributed by atoms with Crippen molar-refractivity contribution in [2.45, 2.75) is 13.8 Å². The average molecular weight is 181 g/mol. The molecule has 0 unspecified atom stereocenters. The minimum atomic E-state index is -1.06. The van der Waals surface area contributed by atoms with Crippen molar-refractivity contribution in [3.63, 3.8) is 0 Å². The molecule has 13 heavy (non-hydrogen) atoms. The fraction of sp³-hybridized carbons (Fsp3) is 0.375. The lowest BCUT2D eigenvalue weighted by Gasteiger charge is -2.11. The Morgan fingerprint density at radius 1 is 1.38 bits per heavy atom. The lowest BCUT2D eigenvalue weighted by Crippen LogP contribution is -2.26. The molecule has 0 saturated heterocycles. The van der Waals surface area contributed by atoms with Gasteiger partial charge in [0.25, 0.3) is 0 Å². The number of aryl methyl sites for hydroxylation is 2. The summed E-state index contributed by atoms with van der Waals surface area (Å²) in [7, 11) is 1.41. The molecule has 1 rings (SSSR count). The summed E-state index contributed by atoms with van der Waals surface area (Å²) >= 11 is 0. The molecule has 1 N–H and O–H groups in total. The summed E-state index contributed by atoms with van der Waals surface area (Å²) in [6.45, 7) is 3.60. The summed E-state index contributed by atoms with van der Waals surface area (Å²) in [6.07, 6.45) is -1.06. The molecule has 0 aliphatic rings. The van der Waals surface area contributed by atoms with Gasteiger partial charge in [0.05, 0.1) is 0 Å². The maximum atomic E-state index is 10.6. The number of carbonyl (C=O) groups is 1. The molecule has 0 radical (unpaired) electrons. The Balaban J connectivity index is 3.07. The first-order valence-electron chi connectivity index (χ1n) is 3.79. The lowest BCUT2D eigenvalue weighted by atomic mass is 10.3. The second-order valence-corrected chi connectivity index (χ2v) is 2.79. The summed E-state index contributed by atoms with van der Waals surface area (Å²) in [4.78, 5) is 19.5. The number of carboxylic acid groups (broad SMARTS) is 1. The molecule has 1 heterocycles. The molecular formula is C8H11N3O2. The van der Waals surface area contributed by atoms with Crippen LogP contribution in [0.3, 0.4) is 0 Å². The van der Waals surface area contributed by atoms with Crippen molar-refractivity contribution >= 4 is 12.0 Å². The number of hydrogen-bond donors (Lipinski definition) is 1. The minimum absolute atomic E-state index is 0.213. The van der Waals surface area contributed by atoms with Gasteiger partial charge in [0.2, 0.25) is 5.95 Å². The Morgan fingerprint density at radius 3 is 2.23 bits per heavy atom. The number of nitrogens with zero attached hydrogens (tertiary/aromatic N) is 3. The van der Waals surface area contributed by atoms with Gasteiger partial charge in [-0.2, -0.15) is 0 Å². The summed E-state index contributed by atoms with van der Waals surface area (Å²) in [6, 6.07) is 1.79. The van der Waals surface area contributed by atoms with Crippen LogP contribution in [0.2, 0.25) is 0 Å². The monoisotopic (exact) mass is 181 g/mol. The van der Waals surface area contributed by atoms with Crippen LogP contribution in [0, 0.1) is 13.8 Å². The van der Waals surface area contributed by atoms with Crippen LogP contribution in [0.15, 0.2) is 6.07 Å². The second-order valence-electron chi connectivity index (χ2n) is 2.79. The van der Waals surface area contributed by atoms with Gasteiger partial charge in [-0.05, 0) is 19.9 Å². The van der Waals surface area contributed by atoms with E-state index < -0.39 is 6.09 Å². The zero-order valence-corrected chi connectivity index (χ0v) is 7.77. The van der Waals surface area contributed by atoms with Crippen LogP contribution in [0.25, 0.3) is 0 Å². The normalized spacial score (nSPS) is 9.77. The van der Waals surface area contributed by atoms with Crippen LogP contribution >= 0.6 is 0 Å². The van der Waals surface area contributed by atoms with Crippen molar-refractivity contribution in [2.75, 3.05) is 11.9 Å². The summed E-state index contributed by atoms with van der Waals surface area (Å²) in [5, 5.41) is 8.66. The summed E-state index contributed by atoms with van der Waals surface area (Å²) < 4.78 is 0. The van der Waals surface area contributed by atoms with Gasteiger partial charge < -0.3 is 5.11 Å². The summed E-state index contributed by atoms with van der Waals surface area (Å²) in [5.41, 5.74) is 1.52. The molecule has 5 nitrogen and oxygen atoms in total.